The van der Waals surface area contributed by atoms with Crippen molar-refractivity contribution < 1.29 is 14.4 Å². The molecule has 2 N–H and O–H groups in total. The summed E-state index contributed by atoms with van der Waals surface area (Å²) in [5.41, 5.74) is 5.68. The third-order valence-corrected chi connectivity index (χ3v) is 4.78. The van der Waals surface area contributed by atoms with Crippen LogP contribution in [0.1, 0.15) is 16.8 Å². The monoisotopic (exact) mass is 391 g/mol. The molecule has 1 aliphatic heterocycles. The van der Waals surface area contributed by atoms with Gasteiger partial charge in [0.15, 0.2) is 0 Å². The first-order valence-corrected chi connectivity index (χ1v) is 8.62. The van der Waals surface area contributed by atoms with E-state index < -0.39 is 17.7 Å². The van der Waals surface area contributed by atoms with E-state index in [0.717, 1.165) is 5.69 Å². The summed E-state index contributed by atoms with van der Waals surface area (Å²) in [7, 11) is 0. The number of benzene rings is 2. The van der Waals surface area contributed by atoms with E-state index >= 15 is 0 Å². The van der Waals surface area contributed by atoms with Gasteiger partial charge in [0.25, 0.3) is 5.91 Å². The number of rotatable bonds is 3. The minimum atomic E-state index is -0.545. The summed E-state index contributed by atoms with van der Waals surface area (Å²) in [5, 5.41) is 0.572. The predicted molar refractivity (Wildman–Crippen MR) is 99.0 cm³/mol. The molecule has 0 radical (unpaired) electrons. The predicted octanol–water partition coefficient (Wildman–Crippen LogP) is 2.81. The number of para-hydroxylation sites is 1. The van der Waals surface area contributed by atoms with Crippen molar-refractivity contribution in [2.75, 3.05) is 11.4 Å². The largest absolute Gasteiger partial charge is 0.312 e. The quantitative estimate of drug-likeness (QED) is 0.789. The van der Waals surface area contributed by atoms with Crippen molar-refractivity contribution in [3.8, 4) is 0 Å². The number of hydrazine groups is 1. The lowest BCUT2D eigenvalue weighted by Gasteiger charge is -2.16. The maximum Gasteiger partial charge on any atom is 0.269 e. The molecule has 1 fully saturated rings. The lowest BCUT2D eigenvalue weighted by molar-refractivity contribution is -0.126. The molecular formula is C18H15Cl2N3O3. The van der Waals surface area contributed by atoms with E-state index in [1.807, 2.05) is 30.3 Å². The molecule has 3 rings (SSSR count). The first kappa shape index (κ1) is 18.2. The molecule has 0 unspecified atom stereocenters. The molecule has 0 saturated carbocycles. The Morgan fingerprint density at radius 2 is 1.73 bits per heavy atom. The maximum absolute atomic E-state index is 12.3. The minimum absolute atomic E-state index is 0.0867. The van der Waals surface area contributed by atoms with Gasteiger partial charge in [-0.3, -0.25) is 25.2 Å². The molecule has 8 heteroatoms. The van der Waals surface area contributed by atoms with Gasteiger partial charge < -0.3 is 4.90 Å². The third kappa shape index (κ3) is 3.98. The Morgan fingerprint density at radius 3 is 2.42 bits per heavy atom. The Hall–Kier alpha value is -2.57. The number of nitrogens with zero attached hydrogens (tertiary/aromatic N) is 1. The second-order valence-electron chi connectivity index (χ2n) is 5.81. The van der Waals surface area contributed by atoms with Crippen molar-refractivity contribution in [1.29, 1.82) is 0 Å². The lowest BCUT2D eigenvalue weighted by atomic mass is 10.1. The zero-order valence-electron chi connectivity index (χ0n) is 13.5. The fourth-order valence-corrected chi connectivity index (χ4v) is 2.97. The van der Waals surface area contributed by atoms with E-state index in [0.29, 0.717) is 5.02 Å². The van der Waals surface area contributed by atoms with Crippen molar-refractivity contribution in [3.63, 3.8) is 0 Å². The van der Waals surface area contributed by atoms with Crippen LogP contribution < -0.4 is 15.8 Å². The number of anilines is 1. The smallest absolute Gasteiger partial charge is 0.269 e. The van der Waals surface area contributed by atoms with E-state index in [4.69, 9.17) is 23.2 Å². The molecule has 6 nitrogen and oxygen atoms in total. The average Bonchev–Trinajstić information content (AvgIpc) is 3.04. The summed E-state index contributed by atoms with van der Waals surface area (Å²) < 4.78 is 0. The van der Waals surface area contributed by atoms with Gasteiger partial charge in [-0.05, 0) is 30.3 Å². The molecular weight excluding hydrogens is 377 g/mol. The minimum Gasteiger partial charge on any atom is -0.312 e. The topological polar surface area (TPSA) is 78.5 Å². The van der Waals surface area contributed by atoms with E-state index in [9.17, 15) is 14.4 Å². The third-order valence-electron chi connectivity index (χ3n) is 4.04. The molecule has 1 saturated heterocycles. The lowest BCUT2D eigenvalue weighted by Crippen LogP contribution is -2.45. The van der Waals surface area contributed by atoms with Gasteiger partial charge in [-0.2, -0.15) is 0 Å². The first-order chi connectivity index (χ1) is 12.5. The number of carbonyl (C=O) groups is 3. The van der Waals surface area contributed by atoms with Gasteiger partial charge in [-0.1, -0.05) is 41.4 Å². The first-order valence-electron chi connectivity index (χ1n) is 7.86. The fraction of sp³-hybridized carbons (Fsp3) is 0.167. The van der Waals surface area contributed by atoms with Gasteiger partial charge in [-0.25, -0.2) is 0 Å². The summed E-state index contributed by atoms with van der Waals surface area (Å²) in [5.74, 6) is -1.63. The van der Waals surface area contributed by atoms with Crippen LogP contribution in [0, 0.1) is 5.92 Å². The number of carbonyl (C=O) groups excluding carboxylic acids is 3. The van der Waals surface area contributed by atoms with E-state index in [1.54, 1.807) is 4.90 Å². The highest BCUT2D eigenvalue weighted by molar-refractivity contribution is 6.42. The van der Waals surface area contributed by atoms with Crippen molar-refractivity contribution >= 4 is 46.6 Å². The zero-order valence-corrected chi connectivity index (χ0v) is 15.1. The van der Waals surface area contributed by atoms with Crippen LogP contribution in [0.25, 0.3) is 0 Å². The van der Waals surface area contributed by atoms with Crippen molar-refractivity contribution in [1.82, 2.24) is 10.9 Å². The molecule has 0 bridgehead atoms. The molecule has 1 aliphatic rings. The standard InChI is InChI=1S/C18H15Cl2N3O3/c19-14-7-6-11(8-15(14)20)17(25)21-22-18(26)12-9-16(24)23(10-12)13-4-2-1-3-5-13/h1-8,12H,9-10H2,(H,21,25)(H,22,26)/t12-/m0/s1. The van der Waals surface area contributed by atoms with Crippen LogP contribution in [0.3, 0.4) is 0 Å². The number of amides is 3. The Labute approximate surface area is 160 Å². The van der Waals surface area contributed by atoms with Crippen LogP contribution in [-0.4, -0.2) is 24.3 Å². The number of nitrogens with one attached hydrogen (secondary N) is 2. The molecule has 0 aliphatic carbocycles. The summed E-state index contributed by atoms with van der Waals surface area (Å²) in [6.07, 6.45) is 0.0867. The van der Waals surface area contributed by atoms with Crippen LogP contribution >= 0.6 is 23.2 Å². The summed E-state index contributed by atoms with van der Waals surface area (Å²) in [4.78, 5) is 38.1. The normalized spacial score (nSPS) is 16.5. The SMILES string of the molecule is O=C(NNC(=O)[C@H]1CC(=O)N(c2ccccc2)C1)c1ccc(Cl)c(Cl)c1. The van der Waals surface area contributed by atoms with Crippen LogP contribution in [-0.2, 0) is 9.59 Å². The number of hydrogen-bond acceptors (Lipinski definition) is 3. The molecule has 3 amide bonds. The molecule has 1 atom stereocenters. The fourth-order valence-electron chi connectivity index (χ4n) is 2.67. The van der Waals surface area contributed by atoms with Gasteiger partial charge >= 0.3 is 0 Å². The van der Waals surface area contributed by atoms with Crippen molar-refractivity contribution in [3.05, 3.63) is 64.1 Å². The van der Waals surface area contributed by atoms with E-state index in [-0.39, 0.29) is 29.5 Å². The van der Waals surface area contributed by atoms with Crippen LogP contribution in [0.15, 0.2) is 48.5 Å². The van der Waals surface area contributed by atoms with E-state index in [1.165, 1.54) is 18.2 Å². The van der Waals surface area contributed by atoms with E-state index in [2.05, 4.69) is 10.9 Å². The second-order valence-corrected chi connectivity index (χ2v) is 6.63. The van der Waals surface area contributed by atoms with Crippen LogP contribution in [0.5, 0.6) is 0 Å². The second kappa shape index (κ2) is 7.76. The molecule has 2 aromatic carbocycles. The molecule has 0 aromatic heterocycles. The number of hydrogen-bond donors (Lipinski definition) is 2. The zero-order chi connectivity index (χ0) is 18.7. The number of halogens is 2. The van der Waals surface area contributed by atoms with Gasteiger partial charge in [0.2, 0.25) is 11.8 Å². The molecule has 2 aromatic rings. The van der Waals surface area contributed by atoms with Crippen LogP contribution in [0.4, 0.5) is 5.69 Å². The van der Waals surface area contributed by atoms with Gasteiger partial charge in [0, 0.05) is 24.2 Å². The van der Waals surface area contributed by atoms with Crippen molar-refractivity contribution in [2.24, 2.45) is 5.92 Å². The molecule has 26 heavy (non-hydrogen) atoms. The van der Waals surface area contributed by atoms with Crippen molar-refractivity contribution in [2.45, 2.75) is 6.42 Å². The Balaban J connectivity index is 1.58. The Morgan fingerprint density at radius 1 is 1.00 bits per heavy atom. The Kier molecular flexibility index (Phi) is 5.44. The Bertz CT molecular complexity index is 858. The maximum atomic E-state index is 12.3. The van der Waals surface area contributed by atoms with Gasteiger partial charge in [-0.15, -0.1) is 0 Å². The van der Waals surface area contributed by atoms with Crippen LogP contribution in [0.2, 0.25) is 10.0 Å². The van der Waals surface area contributed by atoms with Gasteiger partial charge in [0.05, 0.1) is 16.0 Å². The summed E-state index contributed by atoms with van der Waals surface area (Å²) >= 11 is 11.7. The average molecular weight is 392 g/mol. The molecule has 1 heterocycles. The molecule has 134 valence electrons. The summed E-state index contributed by atoms with van der Waals surface area (Å²) in [6, 6.07) is 13.5. The summed E-state index contributed by atoms with van der Waals surface area (Å²) in [6.45, 7) is 0.261. The molecule has 0 spiro atoms. The van der Waals surface area contributed by atoms with Gasteiger partial charge in [0.1, 0.15) is 0 Å². The highest BCUT2D eigenvalue weighted by Gasteiger charge is 2.35. The highest BCUT2D eigenvalue weighted by Crippen LogP contribution is 2.25. The highest BCUT2D eigenvalue weighted by atomic mass is 35.5.